The maximum absolute atomic E-state index is 11.5. The van der Waals surface area contributed by atoms with Crippen LogP contribution in [0.1, 0.15) is 12.0 Å². The number of benzene rings is 1. The van der Waals surface area contributed by atoms with Gasteiger partial charge in [0.25, 0.3) is 11.7 Å². The molecule has 2 N–H and O–H groups in total. The molecule has 0 saturated carbocycles. The van der Waals surface area contributed by atoms with Crippen LogP contribution in [0.15, 0.2) is 47.0 Å². The summed E-state index contributed by atoms with van der Waals surface area (Å²) in [5, 5.41) is 21.0. The highest BCUT2D eigenvalue weighted by Gasteiger charge is 2.25. The lowest BCUT2D eigenvalue weighted by Crippen LogP contribution is -2.20. The minimum absolute atomic E-state index is 0.111. The molecule has 0 saturated heterocycles. The summed E-state index contributed by atoms with van der Waals surface area (Å²) in [4.78, 5) is 47.2. The molecule has 0 atom stereocenters. The van der Waals surface area contributed by atoms with Crippen molar-refractivity contribution in [3.8, 4) is 0 Å². The Hall–Kier alpha value is -3.85. The van der Waals surface area contributed by atoms with Crippen LogP contribution in [-0.4, -0.2) is 47.1 Å². The Labute approximate surface area is 152 Å². The molecule has 11 heteroatoms. The first-order chi connectivity index (χ1) is 12.9. The number of aryl methyl sites for hydroxylation is 1. The van der Waals surface area contributed by atoms with Crippen LogP contribution in [0.3, 0.4) is 0 Å². The monoisotopic (exact) mass is 377 g/mol. The fourth-order valence-electron chi connectivity index (χ4n) is 1.71. The summed E-state index contributed by atoms with van der Waals surface area (Å²) in [5.74, 6) is -8.74. The van der Waals surface area contributed by atoms with E-state index in [-0.39, 0.29) is 13.0 Å². The Morgan fingerprint density at radius 3 is 2.26 bits per heavy atom. The van der Waals surface area contributed by atoms with Gasteiger partial charge in [-0.25, -0.2) is 4.79 Å². The summed E-state index contributed by atoms with van der Waals surface area (Å²) in [7, 11) is 0. The van der Waals surface area contributed by atoms with Gasteiger partial charge in [-0.2, -0.15) is 0 Å². The molecule has 0 bridgehead atoms. The molecule has 1 aromatic rings. The van der Waals surface area contributed by atoms with E-state index in [1.807, 2.05) is 35.2 Å². The van der Waals surface area contributed by atoms with Crippen molar-refractivity contribution in [1.29, 1.82) is 0 Å². The van der Waals surface area contributed by atoms with E-state index in [2.05, 4.69) is 9.85 Å². The Bertz CT molecular complexity index is 797. The van der Waals surface area contributed by atoms with Gasteiger partial charge in [0, 0.05) is 11.3 Å². The second-order valence-electron chi connectivity index (χ2n) is 4.86. The number of hydrogen-bond donors (Lipinski definition) is 2. The zero-order chi connectivity index (χ0) is 20.2. The van der Waals surface area contributed by atoms with Crippen LogP contribution in [0.2, 0.25) is 0 Å². The Kier molecular flexibility index (Phi) is 8.56. The van der Waals surface area contributed by atoms with E-state index in [0.717, 1.165) is 5.56 Å². The minimum atomic E-state index is -1.78. The minimum Gasteiger partial charge on any atom is -0.501 e. The maximum Gasteiger partial charge on any atom is 0.377 e. The highest BCUT2D eigenvalue weighted by molar-refractivity contribution is 6.42. The Morgan fingerprint density at radius 1 is 1.00 bits per heavy atom. The fourth-order valence-corrected chi connectivity index (χ4v) is 1.71. The number of rotatable bonds is 9. The van der Waals surface area contributed by atoms with Gasteiger partial charge < -0.3 is 19.7 Å². The van der Waals surface area contributed by atoms with Gasteiger partial charge in [0.15, 0.2) is 0 Å². The first-order valence-electron chi connectivity index (χ1n) is 7.49. The molecule has 27 heavy (non-hydrogen) atoms. The largest absolute Gasteiger partial charge is 0.501 e. The average molecular weight is 377 g/mol. The molecule has 142 valence electrons. The molecule has 0 radical (unpaired) electrons. The van der Waals surface area contributed by atoms with Crippen molar-refractivity contribution in [2.45, 2.75) is 12.8 Å². The summed E-state index contributed by atoms with van der Waals surface area (Å²) >= 11 is 0. The van der Waals surface area contributed by atoms with Crippen molar-refractivity contribution in [3.05, 3.63) is 57.9 Å². The van der Waals surface area contributed by atoms with Crippen LogP contribution in [0.5, 0.6) is 0 Å². The highest BCUT2D eigenvalue weighted by Crippen LogP contribution is 2.05. The zero-order valence-electron chi connectivity index (χ0n) is 13.9. The second kappa shape index (κ2) is 10.9. The van der Waals surface area contributed by atoms with Gasteiger partial charge in [-0.15, -0.1) is 0 Å². The summed E-state index contributed by atoms with van der Waals surface area (Å²) in [5.41, 5.74) is 8.95. The van der Waals surface area contributed by atoms with Crippen LogP contribution in [-0.2, 0) is 35.1 Å². The lowest BCUT2D eigenvalue weighted by atomic mass is 10.1. The van der Waals surface area contributed by atoms with Gasteiger partial charge in [0.1, 0.15) is 13.2 Å². The number of esters is 2. The van der Waals surface area contributed by atoms with Crippen molar-refractivity contribution in [1.82, 2.24) is 0 Å². The average Bonchev–Trinajstić information content (AvgIpc) is 2.68. The van der Waals surface area contributed by atoms with Gasteiger partial charge >= 0.3 is 11.9 Å². The van der Waals surface area contributed by atoms with Gasteiger partial charge in [0.05, 0.1) is 0 Å². The Balaban J connectivity index is 2.38. The van der Waals surface area contributed by atoms with Crippen LogP contribution < -0.4 is 0 Å². The van der Waals surface area contributed by atoms with Gasteiger partial charge in [-0.3, -0.25) is 14.4 Å². The van der Waals surface area contributed by atoms with Gasteiger partial charge in [0.2, 0.25) is 11.5 Å². The topological polar surface area (TPSA) is 176 Å². The van der Waals surface area contributed by atoms with Crippen molar-refractivity contribution >= 4 is 23.6 Å². The lowest BCUT2D eigenvalue weighted by Gasteiger charge is -2.07. The normalized spacial score (nSPS) is 10.8. The number of aliphatic hydroxyl groups is 2. The van der Waals surface area contributed by atoms with Gasteiger partial charge in [-0.1, -0.05) is 30.3 Å². The molecule has 0 aromatic heterocycles. The number of ether oxygens (including phenoxy) is 2. The standard InChI is InChI=1S/C16H15N3O8/c17-19-18-15(24)13(22)12(21)14(23)16(25)27-9-8-26-11(20)7-6-10-4-2-1-3-5-10/h1-5,21,23H,6-9H2/b14-12+. The van der Waals surface area contributed by atoms with E-state index >= 15 is 0 Å². The van der Waals surface area contributed by atoms with Crippen LogP contribution >= 0.6 is 0 Å². The van der Waals surface area contributed by atoms with E-state index in [9.17, 15) is 29.4 Å². The zero-order valence-corrected chi connectivity index (χ0v) is 13.9. The van der Waals surface area contributed by atoms with Crippen molar-refractivity contribution < 1.29 is 38.9 Å². The van der Waals surface area contributed by atoms with Crippen molar-refractivity contribution in [2.24, 2.45) is 5.11 Å². The highest BCUT2D eigenvalue weighted by atomic mass is 16.6. The van der Waals surface area contributed by atoms with Crippen LogP contribution in [0.4, 0.5) is 0 Å². The molecule has 0 aliphatic heterocycles. The van der Waals surface area contributed by atoms with Crippen molar-refractivity contribution in [3.63, 3.8) is 0 Å². The smallest absolute Gasteiger partial charge is 0.377 e. The molecule has 0 fully saturated rings. The fraction of sp³-hybridized carbons (Fsp3) is 0.250. The summed E-state index contributed by atoms with van der Waals surface area (Å²) in [6, 6.07) is 9.22. The maximum atomic E-state index is 11.5. The molecule has 1 rings (SSSR count). The number of azide groups is 1. The predicted octanol–water partition coefficient (Wildman–Crippen LogP) is 1.44. The van der Waals surface area contributed by atoms with E-state index in [1.54, 1.807) is 0 Å². The van der Waals surface area contributed by atoms with E-state index < -0.39 is 41.8 Å². The first kappa shape index (κ1) is 21.2. The summed E-state index contributed by atoms with van der Waals surface area (Å²) < 4.78 is 9.30. The van der Waals surface area contributed by atoms with Crippen molar-refractivity contribution in [2.75, 3.05) is 13.2 Å². The number of hydrogen-bond acceptors (Lipinski definition) is 8. The number of nitrogens with zero attached hydrogens (tertiary/aromatic N) is 3. The molecule has 0 aliphatic rings. The summed E-state index contributed by atoms with van der Waals surface area (Å²) in [6.45, 7) is -0.787. The number of Topliss-reactive ketones (excluding diaryl/α,β-unsaturated/α-hetero) is 1. The second-order valence-corrected chi connectivity index (χ2v) is 4.86. The van der Waals surface area contributed by atoms with E-state index in [1.165, 1.54) is 0 Å². The quantitative estimate of drug-likeness (QED) is 0.0949. The third-order valence-electron chi connectivity index (χ3n) is 3.00. The third-order valence-corrected chi connectivity index (χ3v) is 3.00. The predicted molar refractivity (Wildman–Crippen MR) is 88.1 cm³/mol. The molecule has 0 heterocycles. The lowest BCUT2D eigenvalue weighted by molar-refractivity contribution is -0.151. The van der Waals surface area contributed by atoms with Crippen LogP contribution in [0.25, 0.3) is 10.4 Å². The van der Waals surface area contributed by atoms with Gasteiger partial charge in [-0.05, 0) is 22.6 Å². The SMILES string of the molecule is [N-]=[N+]=NC(=O)C(=O)/C(O)=C(\O)C(=O)OCCOC(=O)CCc1ccccc1. The first-order valence-corrected chi connectivity index (χ1v) is 7.49. The number of amides is 1. The number of ketones is 1. The molecule has 1 amide bonds. The molecule has 0 unspecified atom stereocenters. The van der Waals surface area contributed by atoms with E-state index in [4.69, 9.17) is 10.3 Å². The van der Waals surface area contributed by atoms with Crippen LogP contribution in [0, 0.1) is 0 Å². The number of aliphatic hydroxyl groups excluding tert-OH is 2. The summed E-state index contributed by atoms with van der Waals surface area (Å²) in [6.07, 6.45) is 0.581. The molecular formula is C16H15N3O8. The van der Waals surface area contributed by atoms with E-state index in [0.29, 0.717) is 6.42 Å². The number of carbonyl (C=O) groups is 4. The molecule has 11 nitrogen and oxygen atoms in total. The molecule has 0 aliphatic carbocycles. The number of carbonyl (C=O) groups excluding carboxylic acids is 4. The third kappa shape index (κ3) is 7.28. The molecule has 1 aromatic carbocycles. The molecule has 0 spiro atoms. The Morgan fingerprint density at radius 2 is 1.63 bits per heavy atom. The molecular weight excluding hydrogens is 362 g/mol.